The Morgan fingerprint density at radius 3 is 2.81 bits per heavy atom. The largest absolute Gasteiger partial charge is 0.493 e. The van der Waals surface area contributed by atoms with E-state index in [0.29, 0.717) is 12.6 Å². The number of rotatable bonds is 7. The zero-order valence-electron chi connectivity index (χ0n) is 13.9. The predicted molar refractivity (Wildman–Crippen MR) is 87.2 cm³/mol. The molecule has 0 saturated heterocycles. The van der Waals surface area contributed by atoms with Gasteiger partial charge in [-0.3, -0.25) is 0 Å². The molecule has 1 aromatic rings. The average Bonchev–Trinajstić information content (AvgIpc) is 2.42. The van der Waals surface area contributed by atoms with Gasteiger partial charge in [0.15, 0.2) is 0 Å². The number of benzene rings is 1. The van der Waals surface area contributed by atoms with E-state index in [4.69, 9.17) is 9.47 Å². The van der Waals surface area contributed by atoms with E-state index in [1.807, 2.05) is 19.1 Å². The van der Waals surface area contributed by atoms with E-state index >= 15 is 0 Å². The summed E-state index contributed by atoms with van der Waals surface area (Å²) in [6.45, 7) is 10.3. The van der Waals surface area contributed by atoms with Crippen molar-refractivity contribution >= 4 is 0 Å². The molecule has 0 aliphatic carbocycles. The predicted octanol–water partition coefficient (Wildman–Crippen LogP) is 4.47. The second-order valence-corrected chi connectivity index (χ2v) is 6.38. The molecule has 1 aliphatic heterocycles. The zero-order chi connectivity index (χ0) is 15.3. The second kappa shape index (κ2) is 7.17. The molecule has 1 atom stereocenters. The molecule has 1 heterocycles. The third kappa shape index (κ3) is 4.13. The third-order valence-corrected chi connectivity index (χ3v) is 3.93. The van der Waals surface area contributed by atoms with Crippen LogP contribution in [0.2, 0.25) is 0 Å². The van der Waals surface area contributed by atoms with Gasteiger partial charge in [-0.15, -0.1) is 0 Å². The van der Waals surface area contributed by atoms with Gasteiger partial charge in [0.1, 0.15) is 17.1 Å². The minimum Gasteiger partial charge on any atom is -0.493 e. The molecule has 0 bridgehead atoms. The smallest absolute Gasteiger partial charge is 0.128 e. The summed E-state index contributed by atoms with van der Waals surface area (Å²) in [6, 6.07) is 6.42. The van der Waals surface area contributed by atoms with Crippen molar-refractivity contribution in [3.63, 3.8) is 0 Å². The van der Waals surface area contributed by atoms with Crippen molar-refractivity contribution in [1.29, 1.82) is 0 Å². The Kier molecular flexibility index (Phi) is 5.51. The van der Waals surface area contributed by atoms with Crippen molar-refractivity contribution in [3.05, 3.63) is 23.8 Å². The highest BCUT2D eigenvalue weighted by atomic mass is 16.5. The van der Waals surface area contributed by atoms with Gasteiger partial charge < -0.3 is 14.8 Å². The first kappa shape index (κ1) is 16.2. The summed E-state index contributed by atoms with van der Waals surface area (Å²) in [4.78, 5) is 0. The normalized spacial score (nSPS) is 19.7. The molecule has 2 rings (SSSR count). The fourth-order valence-corrected chi connectivity index (χ4v) is 3.00. The molecule has 1 aliphatic rings. The first-order valence-corrected chi connectivity index (χ1v) is 8.25. The lowest BCUT2D eigenvalue weighted by Gasteiger charge is -2.38. The Labute approximate surface area is 129 Å². The first-order chi connectivity index (χ1) is 10.1. The fraction of sp³-hybridized carbons (Fsp3) is 0.667. The highest BCUT2D eigenvalue weighted by molar-refractivity contribution is 5.48. The van der Waals surface area contributed by atoms with E-state index in [1.54, 1.807) is 0 Å². The minimum atomic E-state index is -0.139. The number of fused-ring (bicyclic) bond motifs is 1. The van der Waals surface area contributed by atoms with Gasteiger partial charge in [-0.25, -0.2) is 0 Å². The number of hydrogen-bond donors (Lipinski definition) is 1. The molecule has 118 valence electrons. The summed E-state index contributed by atoms with van der Waals surface area (Å²) >= 11 is 0. The number of unbranched alkanes of at least 4 members (excludes halogenated alkanes) is 2. The standard InChI is InChI=1S/C18H29NO2/c1-5-7-8-12-19-14-13-18(3,4)21-16-11-9-10-15(17(14)16)20-6-2/h9-11,14,19H,5-8,12-13H2,1-4H3. The molecule has 0 aromatic heterocycles. The van der Waals surface area contributed by atoms with Crippen molar-refractivity contribution in [1.82, 2.24) is 5.32 Å². The summed E-state index contributed by atoms with van der Waals surface area (Å²) in [6.07, 6.45) is 4.72. The van der Waals surface area contributed by atoms with E-state index in [9.17, 15) is 0 Å². The molecule has 1 N–H and O–H groups in total. The highest BCUT2D eigenvalue weighted by Crippen LogP contribution is 2.44. The summed E-state index contributed by atoms with van der Waals surface area (Å²) < 4.78 is 12.0. The molecule has 0 radical (unpaired) electrons. The van der Waals surface area contributed by atoms with Crippen LogP contribution in [0.4, 0.5) is 0 Å². The van der Waals surface area contributed by atoms with Crippen LogP contribution >= 0.6 is 0 Å². The quantitative estimate of drug-likeness (QED) is 0.752. The van der Waals surface area contributed by atoms with Crippen LogP contribution in [0.5, 0.6) is 11.5 Å². The summed E-state index contributed by atoms with van der Waals surface area (Å²) in [5.74, 6) is 1.92. The SMILES string of the molecule is CCCCCNC1CC(C)(C)Oc2cccc(OCC)c21. The molecule has 0 fully saturated rings. The Morgan fingerprint density at radius 2 is 2.10 bits per heavy atom. The lowest BCUT2D eigenvalue weighted by molar-refractivity contribution is 0.0645. The third-order valence-electron chi connectivity index (χ3n) is 3.93. The van der Waals surface area contributed by atoms with Gasteiger partial charge in [0.25, 0.3) is 0 Å². The van der Waals surface area contributed by atoms with Crippen LogP contribution in [0.25, 0.3) is 0 Å². The molecule has 21 heavy (non-hydrogen) atoms. The maximum atomic E-state index is 6.14. The molecule has 3 heteroatoms. The van der Waals surface area contributed by atoms with Crippen LogP contribution in [0.15, 0.2) is 18.2 Å². The highest BCUT2D eigenvalue weighted by Gasteiger charge is 2.35. The number of hydrogen-bond acceptors (Lipinski definition) is 3. The molecule has 0 saturated carbocycles. The van der Waals surface area contributed by atoms with E-state index in [0.717, 1.165) is 24.5 Å². The summed E-state index contributed by atoms with van der Waals surface area (Å²) in [7, 11) is 0. The lowest BCUT2D eigenvalue weighted by atomic mass is 9.89. The van der Waals surface area contributed by atoms with Gasteiger partial charge >= 0.3 is 0 Å². The van der Waals surface area contributed by atoms with Gasteiger partial charge in [-0.2, -0.15) is 0 Å². The van der Waals surface area contributed by atoms with E-state index < -0.39 is 0 Å². The Bertz CT molecular complexity index is 457. The molecule has 0 spiro atoms. The topological polar surface area (TPSA) is 30.5 Å². The molecule has 3 nitrogen and oxygen atoms in total. The van der Waals surface area contributed by atoms with Crippen LogP contribution in [-0.4, -0.2) is 18.8 Å². The van der Waals surface area contributed by atoms with Crippen molar-refractivity contribution < 1.29 is 9.47 Å². The van der Waals surface area contributed by atoms with Crippen LogP contribution < -0.4 is 14.8 Å². The maximum absolute atomic E-state index is 6.14. The van der Waals surface area contributed by atoms with Gasteiger partial charge in [0.2, 0.25) is 0 Å². The van der Waals surface area contributed by atoms with Gasteiger partial charge in [-0.1, -0.05) is 25.8 Å². The van der Waals surface area contributed by atoms with Crippen molar-refractivity contribution in [2.24, 2.45) is 0 Å². The summed E-state index contributed by atoms with van der Waals surface area (Å²) in [5, 5.41) is 3.71. The number of nitrogens with one attached hydrogen (secondary N) is 1. The lowest BCUT2D eigenvalue weighted by Crippen LogP contribution is -2.40. The Hall–Kier alpha value is -1.22. The second-order valence-electron chi connectivity index (χ2n) is 6.38. The van der Waals surface area contributed by atoms with Crippen molar-refractivity contribution in [2.75, 3.05) is 13.2 Å². The van der Waals surface area contributed by atoms with Crippen LogP contribution in [0.3, 0.4) is 0 Å². The van der Waals surface area contributed by atoms with Crippen molar-refractivity contribution in [3.8, 4) is 11.5 Å². The van der Waals surface area contributed by atoms with E-state index in [-0.39, 0.29) is 5.60 Å². The maximum Gasteiger partial charge on any atom is 0.128 e. The zero-order valence-corrected chi connectivity index (χ0v) is 13.9. The van der Waals surface area contributed by atoms with E-state index in [1.165, 1.54) is 24.8 Å². The van der Waals surface area contributed by atoms with Crippen LogP contribution in [-0.2, 0) is 0 Å². The monoisotopic (exact) mass is 291 g/mol. The fourth-order valence-electron chi connectivity index (χ4n) is 3.00. The molecular weight excluding hydrogens is 262 g/mol. The molecule has 1 unspecified atom stereocenters. The van der Waals surface area contributed by atoms with E-state index in [2.05, 4.69) is 32.2 Å². The Morgan fingerprint density at radius 1 is 1.29 bits per heavy atom. The van der Waals surface area contributed by atoms with Gasteiger partial charge in [0.05, 0.1) is 12.2 Å². The van der Waals surface area contributed by atoms with Crippen LogP contribution in [0, 0.1) is 0 Å². The van der Waals surface area contributed by atoms with Gasteiger partial charge in [-0.05, 0) is 45.9 Å². The minimum absolute atomic E-state index is 0.139. The van der Waals surface area contributed by atoms with Crippen molar-refractivity contribution in [2.45, 2.75) is 65.0 Å². The molecular formula is C18H29NO2. The van der Waals surface area contributed by atoms with Crippen LogP contribution in [0.1, 0.15) is 65.0 Å². The first-order valence-electron chi connectivity index (χ1n) is 8.25. The summed E-state index contributed by atoms with van der Waals surface area (Å²) in [5.41, 5.74) is 1.05. The van der Waals surface area contributed by atoms with Gasteiger partial charge in [0, 0.05) is 12.5 Å². The average molecular weight is 291 g/mol. The number of ether oxygens (including phenoxy) is 2. The Balaban J connectivity index is 2.20. The molecule has 1 aromatic carbocycles. The molecule has 0 amide bonds.